The molecule has 4 nitrogen and oxygen atoms in total. The molecule has 3 aromatic rings. The number of nitrogens with zero attached hydrogens (tertiary/aromatic N) is 2. The zero-order valence-electron chi connectivity index (χ0n) is 11.4. The highest BCUT2D eigenvalue weighted by Gasteiger charge is 2.09. The van der Waals surface area contributed by atoms with E-state index >= 15 is 0 Å². The highest BCUT2D eigenvalue weighted by atomic mass is 32.1. The van der Waals surface area contributed by atoms with Crippen molar-refractivity contribution in [3.63, 3.8) is 0 Å². The number of carbonyl (C=O) groups excluding carboxylic acids is 1. The molecule has 0 unspecified atom stereocenters. The van der Waals surface area contributed by atoms with Crippen LogP contribution >= 0.6 is 11.3 Å². The minimum absolute atomic E-state index is 0.434. The van der Waals surface area contributed by atoms with Crippen LogP contribution in [0.15, 0.2) is 48.1 Å². The molecule has 2 aromatic heterocycles. The largest absolute Gasteiger partial charge is 0.366 e. The lowest BCUT2D eigenvalue weighted by Crippen LogP contribution is -2.10. The molecule has 0 aliphatic rings. The van der Waals surface area contributed by atoms with E-state index in [1.54, 1.807) is 18.3 Å². The molecule has 1 aromatic carbocycles. The molecule has 3 rings (SSSR count). The summed E-state index contributed by atoms with van der Waals surface area (Å²) in [5.41, 5.74) is 9.66. The smallest absolute Gasteiger partial charge is 0.248 e. The van der Waals surface area contributed by atoms with E-state index < -0.39 is 5.91 Å². The molecule has 0 radical (unpaired) electrons. The lowest BCUT2D eigenvalue weighted by molar-refractivity contribution is 0.100. The van der Waals surface area contributed by atoms with Gasteiger partial charge in [0.25, 0.3) is 0 Å². The van der Waals surface area contributed by atoms with Crippen LogP contribution in [0, 0.1) is 6.92 Å². The molecule has 21 heavy (non-hydrogen) atoms. The van der Waals surface area contributed by atoms with Crippen molar-refractivity contribution in [3.8, 4) is 21.8 Å². The van der Waals surface area contributed by atoms with Gasteiger partial charge in [0, 0.05) is 34.5 Å². The number of amides is 1. The summed E-state index contributed by atoms with van der Waals surface area (Å²) in [6.07, 6.45) is 3.61. The molecule has 0 aliphatic carbocycles. The fraction of sp³-hybridized carbons (Fsp3) is 0.0625. The van der Waals surface area contributed by atoms with Crippen LogP contribution in [0.5, 0.6) is 0 Å². The summed E-state index contributed by atoms with van der Waals surface area (Å²) >= 11 is 1.53. The van der Waals surface area contributed by atoms with Crippen molar-refractivity contribution in [2.45, 2.75) is 6.92 Å². The van der Waals surface area contributed by atoms with Gasteiger partial charge in [0.1, 0.15) is 5.01 Å². The maximum absolute atomic E-state index is 11.2. The van der Waals surface area contributed by atoms with Gasteiger partial charge in [-0.05, 0) is 30.7 Å². The second kappa shape index (κ2) is 5.46. The number of pyridine rings is 1. The maximum Gasteiger partial charge on any atom is 0.248 e. The van der Waals surface area contributed by atoms with Crippen LogP contribution < -0.4 is 5.73 Å². The quantitative estimate of drug-likeness (QED) is 0.806. The summed E-state index contributed by atoms with van der Waals surface area (Å²) in [5, 5.41) is 2.84. The Labute approximate surface area is 126 Å². The summed E-state index contributed by atoms with van der Waals surface area (Å²) < 4.78 is 0. The predicted octanol–water partition coefficient (Wildman–Crippen LogP) is 3.28. The van der Waals surface area contributed by atoms with Crippen molar-refractivity contribution in [1.82, 2.24) is 9.97 Å². The van der Waals surface area contributed by atoms with Crippen molar-refractivity contribution >= 4 is 17.2 Å². The summed E-state index contributed by atoms with van der Waals surface area (Å²) in [6.45, 7) is 2.00. The van der Waals surface area contributed by atoms with Crippen molar-refractivity contribution in [2.75, 3.05) is 0 Å². The van der Waals surface area contributed by atoms with E-state index in [-0.39, 0.29) is 0 Å². The SMILES string of the molecule is Cc1cncc(-c2csc(-c3cccc(C(N)=O)c3)n2)c1. The van der Waals surface area contributed by atoms with Crippen molar-refractivity contribution in [2.24, 2.45) is 5.73 Å². The van der Waals surface area contributed by atoms with Gasteiger partial charge in [-0.25, -0.2) is 4.98 Å². The van der Waals surface area contributed by atoms with Gasteiger partial charge >= 0.3 is 0 Å². The highest BCUT2D eigenvalue weighted by molar-refractivity contribution is 7.13. The number of aromatic nitrogens is 2. The van der Waals surface area contributed by atoms with Gasteiger partial charge in [-0.2, -0.15) is 0 Å². The van der Waals surface area contributed by atoms with E-state index in [0.29, 0.717) is 5.56 Å². The van der Waals surface area contributed by atoms with Gasteiger partial charge in [-0.3, -0.25) is 9.78 Å². The molecule has 0 fully saturated rings. The zero-order valence-corrected chi connectivity index (χ0v) is 12.2. The van der Waals surface area contributed by atoms with Crippen LogP contribution in [0.4, 0.5) is 0 Å². The van der Waals surface area contributed by atoms with E-state index in [1.807, 2.05) is 36.7 Å². The summed E-state index contributed by atoms with van der Waals surface area (Å²) in [4.78, 5) is 20.0. The Bertz CT molecular complexity index is 811. The molecule has 1 amide bonds. The average Bonchev–Trinajstić information content (AvgIpc) is 2.97. The summed E-state index contributed by atoms with van der Waals surface area (Å²) in [6, 6.07) is 9.24. The van der Waals surface area contributed by atoms with Gasteiger partial charge in [0.2, 0.25) is 5.91 Å². The maximum atomic E-state index is 11.2. The fourth-order valence-electron chi connectivity index (χ4n) is 2.04. The topological polar surface area (TPSA) is 68.9 Å². The summed E-state index contributed by atoms with van der Waals surface area (Å²) in [7, 11) is 0. The van der Waals surface area contributed by atoms with Crippen LogP contribution in [0.25, 0.3) is 21.8 Å². The first kappa shape index (κ1) is 13.5. The van der Waals surface area contributed by atoms with E-state index in [2.05, 4.69) is 9.97 Å². The molecule has 2 N–H and O–H groups in total. The van der Waals surface area contributed by atoms with Gasteiger partial charge in [0.05, 0.1) is 5.69 Å². The van der Waals surface area contributed by atoms with Gasteiger partial charge in [-0.1, -0.05) is 12.1 Å². The Morgan fingerprint density at radius 2 is 2.05 bits per heavy atom. The number of aryl methyl sites for hydroxylation is 1. The number of thiazole rings is 1. The lowest BCUT2D eigenvalue weighted by Gasteiger charge is -2.00. The number of hydrogen-bond acceptors (Lipinski definition) is 4. The molecule has 2 heterocycles. The van der Waals surface area contributed by atoms with E-state index in [4.69, 9.17) is 5.73 Å². The number of rotatable bonds is 3. The first-order valence-electron chi connectivity index (χ1n) is 6.41. The second-order valence-electron chi connectivity index (χ2n) is 4.73. The molecule has 0 atom stereocenters. The average molecular weight is 295 g/mol. The molecule has 0 aliphatic heterocycles. The first-order valence-corrected chi connectivity index (χ1v) is 7.29. The van der Waals surface area contributed by atoms with Gasteiger partial charge in [-0.15, -0.1) is 11.3 Å². The molecular formula is C16H13N3OS. The molecule has 0 spiro atoms. The second-order valence-corrected chi connectivity index (χ2v) is 5.59. The Morgan fingerprint density at radius 3 is 2.81 bits per heavy atom. The number of hydrogen-bond donors (Lipinski definition) is 1. The number of benzene rings is 1. The van der Waals surface area contributed by atoms with Crippen molar-refractivity contribution < 1.29 is 4.79 Å². The molecule has 0 bridgehead atoms. The Kier molecular flexibility index (Phi) is 3.50. The van der Waals surface area contributed by atoms with Crippen LogP contribution in [-0.4, -0.2) is 15.9 Å². The van der Waals surface area contributed by atoms with Crippen LogP contribution in [0.1, 0.15) is 15.9 Å². The van der Waals surface area contributed by atoms with Gasteiger partial charge in [0.15, 0.2) is 0 Å². The molecule has 0 saturated carbocycles. The van der Waals surface area contributed by atoms with Crippen LogP contribution in [0.2, 0.25) is 0 Å². The van der Waals surface area contributed by atoms with E-state index in [0.717, 1.165) is 27.4 Å². The van der Waals surface area contributed by atoms with E-state index in [9.17, 15) is 4.79 Å². The highest BCUT2D eigenvalue weighted by Crippen LogP contribution is 2.29. The predicted molar refractivity (Wildman–Crippen MR) is 84.0 cm³/mol. The van der Waals surface area contributed by atoms with Crippen molar-refractivity contribution in [3.05, 3.63) is 59.2 Å². The number of primary amides is 1. The normalized spacial score (nSPS) is 10.5. The fourth-order valence-corrected chi connectivity index (χ4v) is 2.87. The third-order valence-corrected chi connectivity index (χ3v) is 3.96. The minimum atomic E-state index is -0.434. The summed E-state index contributed by atoms with van der Waals surface area (Å²) in [5.74, 6) is -0.434. The minimum Gasteiger partial charge on any atom is -0.366 e. The molecule has 0 saturated heterocycles. The molecule has 5 heteroatoms. The zero-order chi connectivity index (χ0) is 14.8. The monoisotopic (exact) mass is 295 g/mol. The van der Waals surface area contributed by atoms with E-state index in [1.165, 1.54) is 11.3 Å². The Hall–Kier alpha value is -2.53. The number of nitrogens with two attached hydrogens (primary N) is 1. The molecular weight excluding hydrogens is 282 g/mol. The number of carbonyl (C=O) groups is 1. The third-order valence-electron chi connectivity index (χ3n) is 3.07. The standard InChI is InChI=1S/C16H13N3OS/c1-10-5-13(8-18-7-10)14-9-21-16(19-14)12-4-2-3-11(6-12)15(17)20/h2-9H,1H3,(H2,17,20). The molecule has 104 valence electrons. The Morgan fingerprint density at radius 1 is 1.19 bits per heavy atom. The third kappa shape index (κ3) is 2.83. The van der Waals surface area contributed by atoms with Gasteiger partial charge < -0.3 is 5.73 Å². The van der Waals surface area contributed by atoms with Crippen LogP contribution in [-0.2, 0) is 0 Å². The Balaban J connectivity index is 1.98. The first-order chi connectivity index (χ1) is 10.1. The lowest BCUT2D eigenvalue weighted by atomic mass is 10.1. The van der Waals surface area contributed by atoms with Crippen LogP contribution in [0.3, 0.4) is 0 Å². The van der Waals surface area contributed by atoms with Crippen molar-refractivity contribution in [1.29, 1.82) is 0 Å².